The molecule has 24 heavy (non-hydrogen) atoms. The fraction of sp³-hybridized carbons (Fsp3) is 0.111. The van der Waals surface area contributed by atoms with E-state index in [0.717, 1.165) is 27.5 Å². The number of methoxy groups -OCH3 is 1. The van der Waals surface area contributed by atoms with Crippen LogP contribution in [0.2, 0.25) is 0 Å². The Morgan fingerprint density at radius 1 is 1.21 bits per heavy atom. The molecule has 0 spiro atoms. The highest BCUT2D eigenvalue weighted by Gasteiger charge is 2.05. The quantitative estimate of drug-likeness (QED) is 0.540. The maximum absolute atomic E-state index is 13.9. The first-order valence-corrected chi connectivity index (χ1v) is 8.19. The van der Waals surface area contributed by atoms with Crippen molar-refractivity contribution >= 4 is 22.7 Å². The van der Waals surface area contributed by atoms with Gasteiger partial charge in [-0.05, 0) is 41.8 Å². The van der Waals surface area contributed by atoms with Gasteiger partial charge in [0, 0.05) is 5.38 Å². The molecule has 0 unspecified atom stereocenters. The van der Waals surface area contributed by atoms with Crippen LogP contribution in [0.3, 0.4) is 0 Å². The maximum atomic E-state index is 13.9. The molecule has 6 heteroatoms. The Morgan fingerprint density at radius 2 is 2.04 bits per heavy atom. The molecule has 0 aliphatic rings. The summed E-state index contributed by atoms with van der Waals surface area (Å²) >= 11 is 1.50. The van der Waals surface area contributed by atoms with Crippen LogP contribution in [0.25, 0.3) is 11.1 Å². The second kappa shape index (κ2) is 7.23. The third-order valence-electron chi connectivity index (χ3n) is 3.36. The van der Waals surface area contributed by atoms with Crippen molar-refractivity contribution in [3.05, 3.63) is 64.9 Å². The monoisotopic (exact) mass is 341 g/mol. The standard InChI is InChI=1S/C18H16FN3OS/c1-12-11-24-18(21-12)22-20-10-13-4-3-5-14(8-13)15-6-7-17(23-2)16(19)9-15/h3-11H,1-2H3,(H,21,22). The van der Waals surface area contributed by atoms with E-state index in [2.05, 4.69) is 15.5 Å². The number of aryl methyl sites for hydroxylation is 1. The molecule has 1 heterocycles. The molecule has 0 fully saturated rings. The fourth-order valence-electron chi connectivity index (χ4n) is 2.21. The number of hydrogen-bond donors (Lipinski definition) is 1. The number of halogens is 1. The largest absolute Gasteiger partial charge is 0.494 e. The lowest BCUT2D eigenvalue weighted by molar-refractivity contribution is 0.386. The first-order chi connectivity index (χ1) is 11.7. The minimum absolute atomic E-state index is 0.236. The molecule has 0 atom stereocenters. The molecule has 0 saturated heterocycles. The van der Waals surface area contributed by atoms with Crippen molar-refractivity contribution in [3.63, 3.8) is 0 Å². The molecule has 3 aromatic rings. The highest BCUT2D eigenvalue weighted by molar-refractivity contribution is 7.13. The first kappa shape index (κ1) is 16.1. The summed E-state index contributed by atoms with van der Waals surface area (Å²) in [5, 5.41) is 6.89. The summed E-state index contributed by atoms with van der Waals surface area (Å²) in [6.45, 7) is 1.93. The van der Waals surface area contributed by atoms with Gasteiger partial charge in [0.25, 0.3) is 0 Å². The van der Waals surface area contributed by atoms with Crippen LogP contribution >= 0.6 is 11.3 Å². The highest BCUT2D eigenvalue weighted by atomic mass is 32.1. The summed E-state index contributed by atoms with van der Waals surface area (Å²) < 4.78 is 18.8. The molecule has 2 aromatic carbocycles. The van der Waals surface area contributed by atoms with E-state index in [-0.39, 0.29) is 11.6 Å². The molecule has 0 aliphatic heterocycles. The van der Waals surface area contributed by atoms with Gasteiger partial charge in [0.15, 0.2) is 11.6 Å². The van der Waals surface area contributed by atoms with Crippen molar-refractivity contribution in [2.45, 2.75) is 6.92 Å². The number of ether oxygens (including phenoxy) is 1. The van der Waals surface area contributed by atoms with Crippen LogP contribution in [-0.2, 0) is 0 Å². The minimum Gasteiger partial charge on any atom is -0.494 e. The number of rotatable bonds is 5. The topological polar surface area (TPSA) is 46.5 Å². The maximum Gasteiger partial charge on any atom is 0.203 e. The number of anilines is 1. The number of thiazole rings is 1. The van der Waals surface area contributed by atoms with Gasteiger partial charge in [-0.15, -0.1) is 11.3 Å². The smallest absolute Gasteiger partial charge is 0.203 e. The summed E-state index contributed by atoms with van der Waals surface area (Å²) in [5.74, 6) is -0.144. The van der Waals surface area contributed by atoms with Gasteiger partial charge in [-0.25, -0.2) is 9.37 Å². The molecule has 0 amide bonds. The normalized spacial score (nSPS) is 11.0. The van der Waals surface area contributed by atoms with Crippen molar-refractivity contribution in [2.75, 3.05) is 12.5 Å². The van der Waals surface area contributed by atoms with E-state index in [0.29, 0.717) is 0 Å². The molecule has 3 rings (SSSR count). The van der Waals surface area contributed by atoms with E-state index in [9.17, 15) is 4.39 Å². The van der Waals surface area contributed by atoms with Gasteiger partial charge in [0.1, 0.15) is 0 Å². The van der Waals surface area contributed by atoms with Crippen LogP contribution in [0.15, 0.2) is 52.9 Å². The van der Waals surface area contributed by atoms with E-state index in [1.165, 1.54) is 24.5 Å². The third kappa shape index (κ3) is 3.78. The van der Waals surface area contributed by atoms with Crippen molar-refractivity contribution in [1.29, 1.82) is 0 Å². The molecule has 122 valence electrons. The van der Waals surface area contributed by atoms with Crippen LogP contribution in [0.1, 0.15) is 11.3 Å². The van der Waals surface area contributed by atoms with E-state index in [1.54, 1.807) is 12.3 Å². The number of nitrogens with zero attached hydrogens (tertiary/aromatic N) is 2. The van der Waals surface area contributed by atoms with Crippen LogP contribution in [-0.4, -0.2) is 18.3 Å². The van der Waals surface area contributed by atoms with Gasteiger partial charge >= 0.3 is 0 Å². The molecule has 0 radical (unpaired) electrons. The van der Waals surface area contributed by atoms with E-state index in [1.807, 2.05) is 42.6 Å². The van der Waals surface area contributed by atoms with Crippen LogP contribution < -0.4 is 10.2 Å². The van der Waals surface area contributed by atoms with Gasteiger partial charge in [-0.2, -0.15) is 5.10 Å². The summed E-state index contributed by atoms with van der Waals surface area (Å²) in [4.78, 5) is 4.27. The Morgan fingerprint density at radius 3 is 2.75 bits per heavy atom. The molecule has 1 N–H and O–H groups in total. The first-order valence-electron chi connectivity index (χ1n) is 7.31. The van der Waals surface area contributed by atoms with Crippen LogP contribution in [0.4, 0.5) is 9.52 Å². The average molecular weight is 341 g/mol. The second-order valence-corrected chi connectivity index (χ2v) is 6.00. The zero-order chi connectivity index (χ0) is 16.9. The highest BCUT2D eigenvalue weighted by Crippen LogP contribution is 2.25. The molecular formula is C18H16FN3OS. The van der Waals surface area contributed by atoms with Gasteiger partial charge in [0.05, 0.1) is 19.0 Å². The Hall–Kier alpha value is -2.73. The lowest BCUT2D eigenvalue weighted by Gasteiger charge is -2.06. The summed E-state index contributed by atoms with van der Waals surface area (Å²) in [6, 6.07) is 12.6. The predicted molar refractivity (Wildman–Crippen MR) is 96.5 cm³/mol. The van der Waals surface area contributed by atoms with Gasteiger partial charge < -0.3 is 4.74 Å². The van der Waals surface area contributed by atoms with Crippen molar-refractivity contribution < 1.29 is 9.13 Å². The van der Waals surface area contributed by atoms with E-state index in [4.69, 9.17) is 4.74 Å². The minimum atomic E-state index is -0.380. The molecule has 1 aromatic heterocycles. The van der Waals surface area contributed by atoms with Crippen molar-refractivity contribution in [3.8, 4) is 16.9 Å². The van der Waals surface area contributed by atoms with Crippen molar-refractivity contribution in [2.24, 2.45) is 5.10 Å². The average Bonchev–Trinajstić information content (AvgIpc) is 3.00. The Kier molecular flexibility index (Phi) is 4.86. The fourth-order valence-corrected chi connectivity index (χ4v) is 2.85. The lowest BCUT2D eigenvalue weighted by Crippen LogP contribution is -1.91. The number of hydrogen-bond acceptors (Lipinski definition) is 5. The van der Waals surface area contributed by atoms with Gasteiger partial charge in [0.2, 0.25) is 5.13 Å². The molecule has 4 nitrogen and oxygen atoms in total. The van der Waals surface area contributed by atoms with E-state index >= 15 is 0 Å². The predicted octanol–water partition coefficient (Wildman–Crippen LogP) is 4.71. The van der Waals surface area contributed by atoms with E-state index < -0.39 is 0 Å². The number of hydrazone groups is 1. The number of nitrogens with one attached hydrogen (secondary N) is 1. The summed E-state index contributed by atoms with van der Waals surface area (Å²) in [5.41, 5.74) is 6.46. The lowest BCUT2D eigenvalue weighted by atomic mass is 10.0. The van der Waals surface area contributed by atoms with Crippen molar-refractivity contribution in [1.82, 2.24) is 4.98 Å². The Balaban J connectivity index is 1.77. The second-order valence-electron chi connectivity index (χ2n) is 5.14. The van der Waals surface area contributed by atoms with Crippen LogP contribution in [0, 0.1) is 12.7 Å². The summed E-state index contributed by atoms with van der Waals surface area (Å²) in [6.07, 6.45) is 1.71. The molecule has 0 bridgehead atoms. The number of benzene rings is 2. The zero-order valence-corrected chi connectivity index (χ0v) is 14.1. The van der Waals surface area contributed by atoms with Gasteiger partial charge in [-0.1, -0.05) is 24.3 Å². The third-order valence-corrected chi connectivity index (χ3v) is 4.23. The van der Waals surface area contributed by atoms with Crippen LogP contribution in [0.5, 0.6) is 5.75 Å². The number of aromatic nitrogens is 1. The zero-order valence-electron chi connectivity index (χ0n) is 13.3. The molecule has 0 saturated carbocycles. The SMILES string of the molecule is COc1ccc(-c2cccc(C=NNc3nc(C)cs3)c2)cc1F. The molecular weight excluding hydrogens is 325 g/mol. The Labute approximate surface area is 143 Å². The Bertz CT molecular complexity index is 876. The van der Waals surface area contributed by atoms with Gasteiger partial charge in [-0.3, -0.25) is 5.43 Å². The molecule has 0 aliphatic carbocycles. The summed E-state index contributed by atoms with van der Waals surface area (Å²) in [7, 11) is 1.45.